The zero-order chi connectivity index (χ0) is 31.9. The fourth-order valence-corrected chi connectivity index (χ4v) is 7.64. The third kappa shape index (κ3) is 6.44. The third-order valence-electron chi connectivity index (χ3n) is 9.14. The van der Waals surface area contributed by atoms with Crippen LogP contribution < -0.4 is 5.73 Å². The Balaban J connectivity index is 1.23. The number of sulfone groups is 1. The standard InChI is InChI=1S/C33H36F3N5O3S/c1-45(43,44)30-12-7-22(17-29(30)37)19-39-15-13-24(14-16-39)31-27(18-38-41(31)26-10-8-25(34)9-11-26)32(42)40-20-28(33(35,36)21-40)23-5-3-2-4-6-23/h2-5,7-12,17-18,23-24,28H,6,13-16,19-21,37H2,1H3. The Labute approximate surface area is 260 Å². The van der Waals surface area contributed by atoms with E-state index < -0.39 is 39.9 Å². The van der Waals surface area contributed by atoms with Gasteiger partial charge in [-0.1, -0.05) is 30.4 Å². The van der Waals surface area contributed by atoms with Crippen molar-refractivity contribution in [3.63, 3.8) is 0 Å². The minimum Gasteiger partial charge on any atom is -0.398 e. The molecule has 0 spiro atoms. The number of anilines is 1. The first-order chi connectivity index (χ1) is 21.4. The van der Waals surface area contributed by atoms with E-state index in [2.05, 4.69) is 10.00 Å². The van der Waals surface area contributed by atoms with Crippen LogP contribution in [0.15, 0.2) is 77.9 Å². The molecule has 12 heteroatoms. The molecule has 2 atom stereocenters. The number of halogens is 3. The number of hydrogen-bond acceptors (Lipinski definition) is 6. The van der Waals surface area contributed by atoms with Crippen LogP contribution in [0.5, 0.6) is 0 Å². The van der Waals surface area contributed by atoms with Crippen LogP contribution in [0.4, 0.5) is 18.9 Å². The number of nitrogens with two attached hydrogens (primary N) is 1. The summed E-state index contributed by atoms with van der Waals surface area (Å²) >= 11 is 0. The van der Waals surface area contributed by atoms with Gasteiger partial charge in [0.2, 0.25) is 0 Å². The summed E-state index contributed by atoms with van der Waals surface area (Å²) in [6.07, 6.45) is 11.7. The normalized spacial score (nSPS) is 22.3. The zero-order valence-electron chi connectivity index (χ0n) is 25.0. The number of nitrogens with zero attached hydrogens (tertiary/aromatic N) is 4. The van der Waals surface area contributed by atoms with Gasteiger partial charge < -0.3 is 10.6 Å². The SMILES string of the molecule is CS(=O)(=O)c1ccc(CN2CCC(c3c(C(=O)N4CC(C5C=CC=CC5)C(F)(F)C4)cnn3-c3ccc(F)cc3)CC2)cc1N. The summed E-state index contributed by atoms with van der Waals surface area (Å²) in [5.41, 5.74) is 8.63. The van der Waals surface area contributed by atoms with Crippen LogP contribution in [0.25, 0.3) is 5.69 Å². The first-order valence-electron chi connectivity index (χ1n) is 15.1. The van der Waals surface area contributed by atoms with Crippen LogP contribution >= 0.6 is 0 Å². The number of hydrogen-bond donors (Lipinski definition) is 1. The Kier molecular flexibility index (Phi) is 8.38. The molecule has 45 heavy (non-hydrogen) atoms. The lowest BCUT2D eigenvalue weighted by molar-refractivity contribution is -0.0390. The second-order valence-electron chi connectivity index (χ2n) is 12.3. The minimum absolute atomic E-state index is 0.0461. The van der Waals surface area contributed by atoms with E-state index in [0.29, 0.717) is 50.3 Å². The molecule has 1 aromatic heterocycles. The number of alkyl halides is 2. The van der Waals surface area contributed by atoms with Crippen molar-refractivity contribution in [1.29, 1.82) is 0 Å². The summed E-state index contributed by atoms with van der Waals surface area (Å²) in [5.74, 6) is -5.31. The Morgan fingerprint density at radius 1 is 1.09 bits per heavy atom. The summed E-state index contributed by atoms with van der Waals surface area (Å²) in [5, 5.41) is 4.52. The second kappa shape index (κ2) is 12.1. The van der Waals surface area contributed by atoms with Crippen molar-refractivity contribution in [2.24, 2.45) is 11.8 Å². The summed E-state index contributed by atoms with van der Waals surface area (Å²) in [6.45, 7) is 1.22. The predicted octanol–water partition coefficient (Wildman–Crippen LogP) is 5.22. The van der Waals surface area contributed by atoms with Crippen molar-refractivity contribution in [3.8, 4) is 5.69 Å². The molecule has 0 saturated carbocycles. The molecule has 2 unspecified atom stereocenters. The lowest BCUT2D eigenvalue weighted by Crippen LogP contribution is -2.35. The second-order valence-corrected chi connectivity index (χ2v) is 14.3. The number of benzene rings is 2. The largest absolute Gasteiger partial charge is 0.398 e. The molecule has 1 amide bonds. The highest BCUT2D eigenvalue weighted by molar-refractivity contribution is 7.90. The lowest BCUT2D eigenvalue weighted by Gasteiger charge is -2.33. The number of amides is 1. The van der Waals surface area contributed by atoms with Crippen molar-refractivity contribution >= 4 is 21.4 Å². The van der Waals surface area contributed by atoms with Crippen molar-refractivity contribution < 1.29 is 26.4 Å². The van der Waals surface area contributed by atoms with Crippen molar-refractivity contribution in [3.05, 3.63) is 95.6 Å². The molecule has 3 aliphatic rings. The number of aromatic nitrogens is 2. The van der Waals surface area contributed by atoms with Gasteiger partial charge in [0.15, 0.2) is 9.84 Å². The Hall–Kier alpha value is -3.90. The maximum absolute atomic E-state index is 15.3. The molecule has 3 heterocycles. The van der Waals surface area contributed by atoms with E-state index in [-0.39, 0.29) is 34.5 Å². The fourth-order valence-electron chi connectivity index (χ4n) is 6.84. The van der Waals surface area contributed by atoms with Crippen LogP contribution in [-0.2, 0) is 16.4 Å². The summed E-state index contributed by atoms with van der Waals surface area (Å²) in [6, 6.07) is 10.8. The molecule has 2 saturated heterocycles. The van der Waals surface area contributed by atoms with E-state index in [0.717, 1.165) is 11.8 Å². The van der Waals surface area contributed by atoms with Crippen LogP contribution in [0.2, 0.25) is 0 Å². The highest BCUT2D eigenvalue weighted by atomic mass is 32.2. The van der Waals surface area contributed by atoms with E-state index in [4.69, 9.17) is 5.73 Å². The van der Waals surface area contributed by atoms with E-state index in [1.807, 2.05) is 12.2 Å². The summed E-state index contributed by atoms with van der Waals surface area (Å²) in [4.78, 5) is 17.5. The number of likely N-dealkylation sites (tertiary alicyclic amines) is 2. The van der Waals surface area contributed by atoms with Crippen molar-refractivity contribution in [2.75, 3.05) is 38.2 Å². The van der Waals surface area contributed by atoms with Gasteiger partial charge in [-0.05, 0) is 80.2 Å². The van der Waals surface area contributed by atoms with Gasteiger partial charge in [0.05, 0.1) is 40.3 Å². The molecule has 8 nitrogen and oxygen atoms in total. The monoisotopic (exact) mass is 639 g/mol. The molecule has 6 rings (SSSR count). The molecule has 238 valence electrons. The molecule has 1 aliphatic carbocycles. The predicted molar refractivity (Wildman–Crippen MR) is 165 cm³/mol. The molecule has 0 radical (unpaired) electrons. The molecule has 2 N–H and O–H groups in total. The first-order valence-corrected chi connectivity index (χ1v) is 16.9. The van der Waals surface area contributed by atoms with Gasteiger partial charge >= 0.3 is 0 Å². The fraction of sp³-hybridized carbons (Fsp3) is 0.394. The highest BCUT2D eigenvalue weighted by Crippen LogP contribution is 2.42. The van der Waals surface area contributed by atoms with Crippen LogP contribution in [0.3, 0.4) is 0 Å². The van der Waals surface area contributed by atoms with Gasteiger partial charge in [-0.3, -0.25) is 9.69 Å². The Bertz CT molecular complexity index is 1750. The average molecular weight is 640 g/mol. The number of carbonyl (C=O) groups is 1. The number of rotatable bonds is 7. The van der Waals surface area contributed by atoms with Gasteiger partial charge in [0.25, 0.3) is 11.8 Å². The van der Waals surface area contributed by atoms with Crippen molar-refractivity contribution in [1.82, 2.24) is 19.6 Å². The Morgan fingerprint density at radius 2 is 1.82 bits per heavy atom. The minimum atomic E-state index is -3.42. The molecule has 2 aromatic carbocycles. The van der Waals surface area contributed by atoms with E-state index in [9.17, 15) is 17.6 Å². The highest BCUT2D eigenvalue weighted by Gasteiger charge is 2.52. The van der Waals surface area contributed by atoms with Crippen molar-refractivity contribution in [2.45, 2.75) is 42.5 Å². The first kappa shape index (κ1) is 31.1. The maximum Gasteiger partial charge on any atom is 0.270 e. The van der Waals surface area contributed by atoms with Gasteiger partial charge in [0, 0.05) is 31.2 Å². The molecule has 0 bridgehead atoms. The summed E-state index contributed by atoms with van der Waals surface area (Å²) in [7, 11) is -3.42. The Morgan fingerprint density at radius 3 is 2.47 bits per heavy atom. The number of nitrogen functional groups attached to an aromatic ring is 1. The van der Waals surface area contributed by atoms with E-state index >= 15 is 8.78 Å². The van der Waals surface area contributed by atoms with Gasteiger partial charge in [0.1, 0.15) is 5.82 Å². The smallest absolute Gasteiger partial charge is 0.270 e. The molecular formula is C33H36F3N5O3S. The summed E-state index contributed by atoms with van der Waals surface area (Å²) < 4.78 is 69.8. The van der Waals surface area contributed by atoms with Crippen LogP contribution in [0, 0.1) is 17.7 Å². The quantitative estimate of drug-likeness (QED) is 0.356. The zero-order valence-corrected chi connectivity index (χ0v) is 25.8. The van der Waals surface area contributed by atoms with E-state index in [1.54, 1.807) is 41.1 Å². The van der Waals surface area contributed by atoms with Gasteiger partial charge in [-0.15, -0.1) is 0 Å². The lowest BCUT2D eigenvalue weighted by atomic mass is 9.84. The molecular weight excluding hydrogens is 603 g/mol. The van der Waals surface area contributed by atoms with E-state index in [1.165, 1.54) is 29.3 Å². The number of allylic oxidation sites excluding steroid dienone is 4. The van der Waals surface area contributed by atoms with Gasteiger partial charge in [-0.25, -0.2) is 26.3 Å². The van der Waals surface area contributed by atoms with Crippen LogP contribution in [0.1, 0.15) is 46.8 Å². The number of piperidine rings is 1. The maximum atomic E-state index is 15.3. The van der Waals surface area contributed by atoms with Gasteiger partial charge in [-0.2, -0.15) is 5.10 Å². The average Bonchev–Trinajstić information content (AvgIpc) is 3.58. The third-order valence-corrected chi connectivity index (χ3v) is 10.3. The topological polar surface area (TPSA) is 102 Å². The number of carbonyl (C=O) groups excluding carboxylic acids is 1. The van der Waals surface area contributed by atoms with Crippen LogP contribution in [-0.4, -0.2) is 72.3 Å². The molecule has 2 aliphatic heterocycles. The molecule has 3 aromatic rings. The molecule has 2 fully saturated rings.